The lowest BCUT2D eigenvalue weighted by molar-refractivity contribution is 0.251. The molecule has 112 valence electrons. The summed E-state index contributed by atoms with van der Waals surface area (Å²) in [5, 5.41) is 4.83. The van der Waals surface area contributed by atoms with E-state index in [9.17, 15) is 9.59 Å². The molecule has 1 aromatic heterocycles. The molecule has 0 fully saturated rings. The van der Waals surface area contributed by atoms with Gasteiger partial charge in [0, 0.05) is 30.2 Å². The first kappa shape index (κ1) is 14.9. The van der Waals surface area contributed by atoms with Crippen LogP contribution >= 0.6 is 0 Å². The molecule has 0 saturated carbocycles. The third-order valence-corrected chi connectivity index (χ3v) is 2.88. The molecule has 0 saturated heterocycles. The topological polar surface area (TPSA) is 101 Å². The summed E-state index contributed by atoms with van der Waals surface area (Å²) in [7, 11) is 0. The molecule has 2 aromatic rings. The molecule has 2 amide bonds. The van der Waals surface area contributed by atoms with E-state index < -0.39 is 11.7 Å². The summed E-state index contributed by atoms with van der Waals surface area (Å²) in [6.07, 6.45) is 0. The summed E-state index contributed by atoms with van der Waals surface area (Å²) in [6.45, 7) is 4.98. The third-order valence-electron chi connectivity index (χ3n) is 2.88. The fourth-order valence-corrected chi connectivity index (χ4v) is 2.01. The highest BCUT2D eigenvalue weighted by atomic mass is 16.4. The van der Waals surface area contributed by atoms with E-state index in [1.807, 2.05) is 19.1 Å². The molecule has 4 N–H and O–H groups in total. The Morgan fingerprint density at radius 1 is 1.29 bits per heavy atom. The molecule has 0 radical (unpaired) electrons. The number of nitrogens with two attached hydrogens (primary N) is 1. The molecule has 7 nitrogen and oxygen atoms in total. The highest BCUT2D eigenvalue weighted by molar-refractivity contribution is 5.92. The number of urea groups is 1. The van der Waals surface area contributed by atoms with E-state index in [1.165, 1.54) is 0 Å². The molecule has 1 heterocycles. The molecule has 0 spiro atoms. The van der Waals surface area contributed by atoms with Crippen molar-refractivity contribution >= 4 is 28.4 Å². The van der Waals surface area contributed by atoms with Gasteiger partial charge in [-0.05, 0) is 25.1 Å². The second-order valence-corrected chi connectivity index (χ2v) is 4.39. The molecule has 0 aliphatic rings. The lowest BCUT2D eigenvalue weighted by atomic mass is 10.2. The van der Waals surface area contributed by atoms with E-state index in [2.05, 4.69) is 10.7 Å². The largest absolute Gasteiger partial charge is 0.421 e. The van der Waals surface area contributed by atoms with Gasteiger partial charge in [-0.1, -0.05) is 6.92 Å². The van der Waals surface area contributed by atoms with Crippen LogP contribution in [-0.2, 0) is 0 Å². The van der Waals surface area contributed by atoms with Gasteiger partial charge in [-0.15, -0.1) is 0 Å². The van der Waals surface area contributed by atoms with Gasteiger partial charge < -0.3 is 15.5 Å². The van der Waals surface area contributed by atoms with E-state index in [1.54, 1.807) is 19.1 Å². The number of hydrogen-bond donors (Lipinski definition) is 3. The maximum atomic E-state index is 12.0. The van der Waals surface area contributed by atoms with Crippen LogP contribution in [0.4, 0.5) is 16.2 Å². The number of hydrogen-bond acceptors (Lipinski definition) is 5. The fraction of sp³-hybridized carbons (Fsp3) is 0.286. The second kappa shape index (κ2) is 6.27. The van der Waals surface area contributed by atoms with Gasteiger partial charge in [0.2, 0.25) is 0 Å². The first-order chi connectivity index (χ1) is 10.1. The summed E-state index contributed by atoms with van der Waals surface area (Å²) in [4.78, 5) is 23.5. The highest BCUT2D eigenvalue weighted by Crippen LogP contribution is 2.21. The average molecular weight is 290 g/mol. The maximum Gasteiger partial charge on any atom is 0.362 e. The Bertz CT molecular complexity index is 711. The third kappa shape index (κ3) is 3.14. The van der Waals surface area contributed by atoms with E-state index in [4.69, 9.17) is 10.2 Å². The van der Waals surface area contributed by atoms with Crippen molar-refractivity contribution in [3.63, 3.8) is 0 Å². The summed E-state index contributed by atoms with van der Waals surface area (Å²) in [5.41, 5.74) is 8.73. The second-order valence-electron chi connectivity index (χ2n) is 4.39. The van der Waals surface area contributed by atoms with Gasteiger partial charge in [0.15, 0.2) is 0 Å². The van der Waals surface area contributed by atoms with Crippen LogP contribution in [0.25, 0.3) is 11.0 Å². The van der Waals surface area contributed by atoms with Crippen LogP contribution in [0.3, 0.4) is 0 Å². The van der Waals surface area contributed by atoms with Gasteiger partial charge in [-0.3, -0.25) is 0 Å². The number of nitrogens with zero attached hydrogens (tertiary/aromatic N) is 1. The number of hydrazine groups is 1. The van der Waals surface area contributed by atoms with Crippen LogP contribution in [0.1, 0.15) is 13.8 Å². The molecule has 0 aliphatic carbocycles. The summed E-state index contributed by atoms with van der Waals surface area (Å²) in [6, 6.07) is 6.23. The number of fused-ring (bicyclic) bond motifs is 1. The Morgan fingerprint density at radius 2 is 2.05 bits per heavy atom. The molecule has 2 rings (SSSR count). The Morgan fingerprint density at radius 3 is 2.67 bits per heavy atom. The van der Waals surface area contributed by atoms with Crippen molar-refractivity contribution in [3.8, 4) is 0 Å². The zero-order valence-corrected chi connectivity index (χ0v) is 12.0. The van der Waals surface area contributed by atoms with Crippen LogP contribution in [-0.4, -0.2) is 19.1 Å². The van der Waals surface area contributed by atoms with Crippen molar-refractivity contribution in [2.75, 3.05) is 23.4 Å². The predicted octanol–water partition coefficient (Wildman–Crippen LogP) is 1.63. The number of anilines is 2. The summed E-state index contributed by atoms with van der Waals surface area (Å²) < 4.78 is 5.27. The molecule has 0 atom stereocenters. The smallest absolute Gasteiger partial charge is 0.362 e. The van der Waals surface area contributed by atoms with E-state index in [0.29, 0.717) is 17.5 Å². The van der Waals surface area contributed by atoms with Crippen molar-refractivity contribution < 1.29 is 9.21 Å². The normalized spacial score (nSPS) is 10.6. The van der Waals surface area contributed by atoms with Crippen LogP contribution in [0.15, 0.2) is 33.5 Å². The lowest BCUT2D eigenvalue weighted by Crippen LogP contribution is -2.48. The lowest BCUT2D eigenvalue weighted by Gasteiger charge is -2.19. The minimum atomic E-state index is -0.771. The minimum Gasteiger partial charge on any atom is -0.421 e. The fourth-order valence-electron chi connectivity index (χ4n) is 2.01. The van der Waals surface area contributed by atoms with Gasteiger partial charge in [0.25, 0.3) is 0 Å². The highest BCUT2D eigenvalue weighted by Gasteiger charge is 2.17. The van der Waals surface area contributed by atoms with Crippen LogP contribution in [0.2, 0.25) is 0 Å². The Kier molecular flexibility index (Phi) is 4.44. The van der Waals surface area contributed by atoms with E-state index in [0.717, 1.165) is 17.2 Å². The molecule has 0 aliphatic heterocycles. The molecule has 1 aromatic carbocycles. The first-order valence-corrected chi connectivity index (χ1v) is 6.71. The van der Waals surface area contributed by atoms with Crippen molar-refractivity contribution in [2.24, 2.45) is 5.73 Å². The Balaban J connectivity index is 2.52. The van der Waals surface area contributed by atoms with Crippen molar-refractivity contribution in [2.45, 2.75) is 13.8 Å². The molecule has 0 unspecified atom stereocenters. The van der Waals surface area contributed by atoms with Gasteiger partial charge in [0.05, 0.1) is 0 Å². The predicted molar refractivity (Wildman–Crippen MR) is 82.4 cm³/mol. The number of benzene rings is 1. The number of nitrogens with one attached hydrogen (secondary N) is 2. The van der Waals surface area contributed by atoms with Gasteiger partial charge in [0.1, 0.15) is 11.3 Å². The van der Waals surface area contributed by atoms with Crippen LogP contribution in [0, 0.1) is 0 Å². The van der Waals surface area contributed by atoms with Gasteiger partial charge in [-0.25, -0.2) is 20.0 Å². The van der Waals surface area contributed by atoms with E-state index >= 15 is 0 Å². The molecular formula is C14H18N4O3. The number of primary amides is 1. The van der Waals surface area contributed by atoms with Crippen molar-refractivity contribution in [3.05, 3.63) is 34.7 Å². The molecular weight excluding hydrogens is 272 g/mol. The van der Waals surface area contributed by atoms with Gasteiger partial charge >= 0.3 is 11.7 Å². The van der Waals surface area contributed by atoms with Crippen molar-refractivity contribution in [1.29, 1.82) is 0 Å². The Labute approximate surface area is 121 Å². The molecule has 7 heteroatoms. The molecule has 0 bridgehead atoms. The van der Waals surface area contributed by atoms with Crippen LogP contribution < -0.4 is 27.1 Å². The number of amides is 2. The summed E-state index contributed by atoms with van der Waals surface area (Å²) >= 11 is 0. The maximum absolute atomic E-state index is 12.0. The Hall–Kier alpha value is -2.54. The number of rotatable bonds is 5. The average Bonchev–Trinajstić information content (AvgIpc) is 2.44. The standard InChI is InChI=1S/C14H18N4O3/c1-3-16-10-6-5-9-7-11(13(19)21-12(9)8-10)18(14(15)20)17-4-2/h5-8,16-17H,3-4H2,1-2H3,(H2,15,20). The summed E-state index contributed by atoms with van der Waals surface area (Å²) in [5.74, 6) is 0. The SMILES string of the molecule is CCNc1ccc2cc(N(NCC)C(N)=O)c(=O)oc2c1. The quantitative estimate of drug-likeness (QED) is 0.574. The first-order valence-electron chi connectivity index (χ1n) is 6.71. The number of carbonyl (C=O) groups is 1. The molecule has 21 heavy (non-hydrogen) atoms. The number of carbonyl (C=O) groups excluding carboxylic acids is 1. The zero-order valence-electron chi connectivity index (χ0n) is 12.0. The van der Waals surface area contributed by atoms with E-state index in [-0.39, 0.29) is 5.69 Å². The van der Waals surface area contributed by atoms with Crippen molar-refractivity contribution in [1.82, 2.24) is 5.43 Å². The van der Waals surface area contributed by atoms with Crippen LogP contribution in [0.5, 0.6) is 0 Å². The minimum absolute atomic E-state index is 0.0630. The monoisotopic (exact) mass is 290 g/mol. The zero-order chi connectivity index (χ0) is 15.4. The van der Waals surface area contributed by atoms with Gasteiger partial charge in [-0.2, -0.15) is 0 Å².